The first-order valence-electron chi connectivity index (χ1n) is 6.40. The Morgan fingerprint density at radius 3 is 2.52 bits per heavy atom. The fourth-order valence-electron chi connectivity index (χ4n) is 1.75. The zero-order valence-corrected chi connectivity index (χ0v) is 12.6. The molecule has 2 aromatic carbocycles. The van der Waals surface area contributed by atoms with Crippen LogP contribution in [-0.2, 0) is 4.79 Å². The molecule has 0 spiro atoms. The normalized spacial score (nSPS) is 10.5. The molecular formula is C16H15F2NOS. The number of anilines is 1. The lowest BCUT2D eigenvalue weighted by Crippen LogP contribution is -2.14. The van der Waals surface area contributed by atoms with Crippen LogP contribution in [0.4, 0.5) is 14.5 Å². The summed E-state index contributed by atoms with van der Waals surface area (Å²) in [6, 6.07) is 8.95. The molecule has 21 heavy (non-hydrogen) atoms. The quantitative estimate of drug-likeness (QED) is 0.853. The van der Waals surface area contributed by atoms with Gasteiger partial charge in [-0.3, -0.25) is 4.79 Å². The summed E-state index contributed by atoms with van der Waals surface area (Å²) < 4.78 is 26.2. The van der Waals surface area contributed by atoms with Crippen molar-refractivity contribution in [3.05, 3.63) is 59.2 Å². The molecule has 1 N–H and O–H groups in total. The zero-order chi connectivity index (χ0) is 15.4. The van der Waals surface area contributed by atoms with E-state index < -0.39 is 11.6 Å². The Morgan fingerprint density at radius 1 is 1.10 bits per heavy atom. The Labute approximate surface area is 126 Å². The molecule has 0 aliphatic carbocycles. The van der Waals surface area contributed by atoms with Gasteiger partial charge in [0.2, 0.25) is 5.91 Å². The Bertz CT molecular complexity index is 673. The highest BCUT2D eigenvalue weighted by Crippen LogP contribution is 2.22. The van der Waals surface area contributed by atoms with Crippen molar-refractivity contribution in [2.45, 2.75) is 18.7 Å². The molecule has 0 saturated heterocycles. The molecule has 0 fully saturated rings. The molecule has 0 unspecified atom stereocenters. The average molecular weight is 307 g/mol. The molecule has 0 aromatic heterocycles. The highest BCUT2D eigenvalue weighted by molar-refractivity contribution is 8.00. The number of hydrogen-bond donors (Lipinski definition) is 1. The molecule has 1 amide bonds. The molecule has 0 bridgehead atoms. The van der Waals surface area contributed by atoms with Crippen LogP contribution in [-0.4, -0.2) is 11.7 Å². The predicted octanol–water partition coefficient (Wildman–Crippen LogP) is 4.31. The van der Waals surface area contributed by atoms with E-state index in [1.807, 2.05) is 32.0 Å². The van der Waals surface area contributed by atoms with Gasteiger partial charge in [0.25, 0.3) is 0 Å². The first kappa shape index (κ1) is 15.5. The van der Waals surface area contributed by atoms with Crippen LogP contribution in [0, 0.1) is 25.5 Å². The highest BCUT2D eigenvalue weighted by atomic mass is 32.2. The lowest BCUT2D eigenvalue weighted by Gasteiger charge is -2.08. The number of carbonyl (C=O) groups is 1. The van der Waals surface area contributed by atoms with Crippen LogP contribution in [0.15, 0.2) is 41.3 Å². The number of nitrogens with one attached hydrogen (secondary N) is 1. The van der Waals surface area contributed by atoms with Crippen LogP contribution in [0.2, 0.25) is 0 Å². The average Bonchev–Trinajstić information content (AvgIpc) is 2.42. The standard InChI is InChI=1S/C16H15F2NOS/c1-10-3-5-13(7-11(10)2)19-16(20)9-21-15-6-4-12(17)8-14(15)18/h3-8H,9H2,1-2H3,(H,19,20). The third kappa shape index (κ3) is 4.29. The minimum atomic E-state index is -0.654. The van der Waals surface area contributed by atoms with Gasteiger partial charge in [-0.2, -0.15) is 0 Å². The van der Waals surface area contributed by atoms with Crippen molar-refractivity contribution < 1.29 is 13.6 Å². The monoisotopic (exact) mass is 307 g/mol. The largest absolute Gasteiger partial charge is 0.325 e. The van der Waals surface area contributed by atoms with Crippen molar-refractivity contribution in [3.63, 3.8) is 0 Å². The van der Waals surface area contributed by atoms with Gasteiger partial charge >= 0.3 is 0 Å². The Kier molecular flexibility index (Phi) is 4.96. The minimum Gasteiger partial charge on any atom is -0.325 e. The zero-order valence-electron chi connectivity index (χ0n) is 11.7. The number of hydrogen-bond acceptors (Lipinski definition) is 2. The van der Waals surface area contributed by atoms with Crippen LogP contribution < -0.4 is 5.32 Å². The van der Waals surface area contributed by atoms with E-state index in [-0.39, 0.29) is 16.6 Å². The van der Waals surface area contributed by atoms with E-state index in [0.29, 0.717) is 5.69 Å². The van der Waals surface area contributed by atoms with Crippen LogP contribution in [0.1, 0.15) is 11.1 Å². The molecule has 5 heteroatoms. The number of carbonyl (C=O) groups excluding carboxylic acids is 1. The fourth-order valence-corrected chi connectivity index (χ4v) is 2.47. The van der Waals surface area contributed by atoms with Gasteiger partial charge in [0.1, 0.15) is 11.6 Å². The lowest BCUT2D eigenvalue weighted by atomic mass is 10.1. The molecule has 2 nitrogen and oxygen atoms in total. The van der Waals surface area contributed by atoms with Crippen molar-refractivity contribution >= 4 is 23.4 Å². The van der Waals surface area contributed by atoms with Gasteiger partial charge < -0.3 is 5.32 Å². The van der Waals surface area contributed by atoms with Crippen LogP contribution in [0.25, 0.3) is 0 Å². The topological polar surface area (TPSA) is 29.1 Å². The van der Waals surface area contributed by atoms with Gasteiger partial charge in [0.15, 0.2) is 0 Å². The van der Waals surface area contributed by atoms with E-state index in [2.05, 4.69) is 5.32 Å². The van der Waals surface area contributed by atoms with E-state index in [1.165, 1.54) is 12.1 Å². The van der Waals surface area contributed by atoms with Crippen molar-refractivity contribution in [1.82, 2.24) is 0 Å². The second-order valence-electron chi connectivity index (χ2n) is 4.71. The molecular weight excluding hydrogens is 292 g/mol. The molecule has 0 atom stereocenters. The van der Waals surface area contributed by atoms with E-state index in [9.17, 15) is 13.6 Å². The van der Waals surface area contributed by atoms with Crippen molar-refractivity contribution in [2.75, 3.05) is 11.1 Å². The number of amides is 1. The summed E-state index contributed by atoms with van der Waals surface area (Å²) in [6.45, 7) is 3.96. The summed E-state index contributed by atoms with van der Waals surface area (Å²) in [7, 11) is 0. The van der Waals surface area contributed by atoms with E-state index >= 15 is 0 Å². The third-order valence-electron chi connectivity index (χ3n) is 3.04. The van der Waals surface area contributed by atoms with Gasteiger partial charge in [-0.25, -0.2) is 8.78 Å². The fraction of sp³-hybridized carbons (Fsp3) is 0.188. The van der Waals surface area contributed by atoms with Gasteiger partial charge in [0.05, 0.1) is 5.75 Å². The Hall–Kier alpha value is -1.88. The maximum Gasteiger partial charge on any atom is 0.234 e. The Morgan fingerprint density at radius 2 is 1.86 bits per heavy atom. The van der Waals surface area contributed by atoms with E-state index in [1.54, 1.807) is 0 Å². The van der Waals surface area contributed by atoms with Gasteiger partial charge in [-0.1, -0.05) is 6.07 Å². The lowest BCUT2D eigenvalue weighted by molar-refractivity contribution is -0.113. The van der Waals surface area contributed by atoms with Crippen molar-refractivity contribution in [1.29, 1.82) is 0 Å². The summed E-state index contributed by atoms with van der Waals surface area (Å²) in [5.74, 6) is -1.45. The summed E-state index contributed by atoms with van der Waals surface area (Å²) in [4.78, 5) is 12.1. The number of halogens is 2. The first-order valence-corrected chi connectivity index (χ1v) is 7.39. The smallest absolute Gasteiger partial charge is 0.234 e. The molecule has 0 aliphatic rings. The van der Waals surface area contributed by atoms with Crippen molar-refractivity contribution in [3.8, 4) is 0 Å². The molecule has 2 aromatic rings. The molecule has 110 valence electrons. The summed E-state index contributed by atoms with van der Waals surface area (Å²) in [5.41, 5.74) is 2.95. The number of thioether (sulfide) groups is 1. The van der Waals surface area contributed by atoms with Crippen LogP contribution in [0.3, 0.4) is 0 Å². The van der Waals surface area contributed by atoms with Crippen LogP contribution in [0.5, 0.6) is 0 Å². The van der Waals surface area contributed by atoms with Gasteiger partial charge in [-0.15, -0.1) is 11.8 Å². The maximum absolute atomic E-state index is 13.4. The Balaban J connectivity index is 1.94. The maximum atomic E-state index is 13.4. The van der Waals surface area contributed by atoms with Crippen LogP contribution >= 0.6 is 11.8 Å². The second-order valence-corrected chi connectivity index (χ2v) is 5.73. The summed E-state index contributed by atoms with van der Waals surface area (Å²) in [6.07, 6.45) is 0. The number of aryl methyl sites for hydroxylation is 2. The molecule has 0 aliphatic heterocycles. The molecule has 0 heterocycles. The first-order chi connectivity index (χ1) is 9.95. The predicted molar refractivity (Wildman–Crippen MR) is 81.6 cm³/mol. The molecule has 0 radical (unpaired) electrons. The summed E-state index contributed by atoms with van der Waals surface area (Å²) in [5, 5.41) is 2.75. The summed E-state index contributed by atoms with van der Waals surface area (Å²) >= 11 is 1.04. The third-order valence-corrected chi connectivity index (χ3v) is 4.09. The SMILES string of the molecule is Cc1ccc(NC(=O)CSc2ccc(F)cc2F)cc1C. The highest BCUT2D eigenvalue weighted by Gasteiger charge is 2.08. The number of benzene rings is 2. The number of rotatable bonds is 4. The van der Waals surface area contributed by atoms with E-state index in [4.69, 9.17) is 0 Å². The molecule has 0 saturated carbocycles. The van der Waals surface area contributed by atoms with Crippen molar-refractivity contribution in [2.24, 2.45) is 0 Å². The van der Waals surface area contributed by atoms with Gasteiger partial charge in [0, 0.05) is 16.6 Å². The second kappa shape index (κ2) is 6.72. The molecule has 2 rings (SSSR count). The van der Waals surface area contributed by atoms with E-state index in [0.717, 1.165) is 29.0 Å². The minimum absolute atomic E-state index is 0.0650. The van der Waals surface area contributed by atoms with Gasteiger partial charge in [-0.05, 0) is 49.2 Å².